The summed E-state index contributed by atoms with van der Waals surface area (Å²) in [4.78, 5) is 38.2. The van der Waals surface area contributed by atoms with E-state index < -0.39 is 23.3 Å². The van der Waals surface area contributed by atoms with Gasteiger partial charge in [-0.1, -0.05) is 12.1 Å². The molecule has 0 saturated carbocycles. The number of nitrogens with one attached hydrogen (secondary N) is 2. The number of halogens is 1. The molecule has 0 aliphatic carbocycles. The summed E-state index contributed by atoms with van der Waals surface area (Å²) in [5.41, 5.74) is -0.955. The number of ether oxygens (including phenoxy) is 1. The first-order chi connectivity index (χ1) is 10.4. The third-order valence-corrected chi connectivity index (χ3v) is 3.73. The number of carbonyl (C=O) groups excluding carboxylic acids is 3. The van der Waals surface area contributed by atoms with Crippen LogP contribution in [-0.4, -0.2) is 50.5 Å². The molecule has 2 N–H and O–H groups in total. The smallest absolute Gasteiger partial charge is 0.328 e. The van der Waals surface area contributed by atoms with Crippen LogP contribution in [-0.2, 0) is 15.0 Å². The molecule has 2 rings (SSSR count). The Morgan fingerprint density at radius 1 is 1.13 bits per heavy atom. The number of hydrogen-bond acceptors (Lipinski definition) is 5. The minimum absolute atomic E-state index is 0. The molecular formula is C15H20ClN3O4. The van der Waals surface area contributed by atoms with Crippen LogP contribution in [0.25, 0.3) is 0 Å². The molecule has 1 fully saturated rings. The van der Waals surface area contributed by atoms with Gasteiger partial charge in [-0.05, 0) is 44.8 Å². The van der Waals surface area contributed by atoms with Gasteiger partial charge in [-0.3, -0.25) is 20.2 Å². The van der Waals surface area contributed by atoms with E-state index in [0.717, 1.165) is 0 Å². The molecule has 0 atom stereocenters. The van der Waals surface area contributed by atoms with Gasteiger partial charge in [-0.15, -0.1) is 12.4 Å². The number of hydrogen-bond donors (Lipinski definition) is 2. The summed E-state index contributed by atoms with van der Waals surface area (Å²) in [7, 11) is 5.21. The van der Waals surface area contributed by atoms with Gasteiger partial charge in [0.25, 0.3) is 0 Å². The SMILES string of the molecule is COc1cccc(C2(CCN(C)C)C(=O)NC(=O)NC2=O)c1.Cl. The maximum atomic E-state index is 12.5. The van der Waals surface area contributed by atoms with Crippen LogP contribution < -0.4 is 15.4 Å². The van der Waals surface area contributed by atoms with Gasteiger partial charge in [0.2, 0.25) is 11.8 Å². The summed E-state index contributed by atoms with van der Waals surface area (Å²) in [5, 5.41) is 4.38. The molecular weight excluding hydrogens is 322 g/mol. The van der Waals surface area contributed by atoms with Crippen molar-refractivity contribution in [2.24, 2.45) is 0 Å². The average Bonchev–Trinajstić information content (AvgIpc) is 2.46. The molecule has 1 aliphatic heterocycles. The Balaban J connectivity index is 0.00000264. The van der Waals surface area contributed by atoms with E-state index in [0.29, 0.717) is 17.9 Å². The highest BCUT2D eigenvalue weighted by Crippen LogP contribution is 2.33. The largest absolute Gasteiger partial charge is 0.497 e. The highest BCUT2D eigenvalue weighted by molar-refractivity contribution is 6.22. The zero-order chi connectivity index (χ0) is 16.3. The number of carbonyl (C=O) groups is 3. The number of benzene rings is 1. The van der Waals surface area contributed by atoms with Crippen LogP contribution >= 0.6 is 12.4 Å². The van der Waals surface area contributed by atoms with E-state index in [2.05, 4.69) is 10.6 Å². The Labute approximate surface area is 140 Å². The average molecular weight is 342 g/mol. The van der Waals surface area contributed by atoms with Gasteiger partial charge >= 0.3 is 6.03 Å². The van der Waals surface area contributed by atoms with E-state index in [1.54, 1.807) is 24.3 Å². The summed E-state index contributed by atoms with van der Waals surface area (Å²) < 4.78 is 5.17. The molecule has 0 bridgehead atoms. The van der Waals surface area contributed by atoms with Crippen molar-refractivity contribution in [1.82, 2.24) is 15.5 Å². The van der Waals surface area contributed by atoms with Crippen molar-refractivity contribution in [1.29, 1.82) is 0 Å². The van der Waals surface area contributed by atoms with Crippen LogP contribution in [0.2, 0.25) is 0 Å². The monoisotopic (exact) mass is 341 g/mol. The van der Waals surface area contributed by atoms with Gasteiger partial charge in [-0.2, -0.15) is 0 Å². The number of barbiturate groups is 1. The Hall–Kier alpha value is -2.12. The second-order valence-corrected chi connectivity index (χ2v) is 5.43. The van der Waals surface area contributed by atoms with Crippen molar-refractivity contribution in [3.05, 3.63) is 29.8 Å². The van der Waals surface area contributed by atoms with Crippen LogP contribution in [0.1, 0.15) is 12.0 Å². The lowest BCUT2D eigenvalue weighted by Crippen LogP contribution is -2.65. The maximum absolute atomic E-state index is 12.5. The first-order valence-corrected chi connectivity index (χ1v) is 6.86. The van der Waals surface area contributed by atoms with Crippen LogP contribution in [0.15, 0.2) is 24.3 Å². The van der Waals surface area contributed by atoms with Crippen molar-refractivity contribution in [3.8, 4) is 5.75 Å². The number of rotatable bonds is 5. The normalized spacial score (nSPS) is 16.4. The molecule has 1 aliphatic rings. The molecule has 126 valence electrons. The Morgan fingerprint density at radius 2 is 1.74 bits per heavy atom. The molecule has 1 heterocycles. The van der Waals surface area contributed by atoms with Crippen LogP contribution in [0.3, 0.4) is 0 Å². The van der Waals surface area contributed by atoms with Gasteiger partial charge < -0.3 is 9.64 Å². The van der Waals surface area contributed by atoms with E-state index >= 15 is 0 Å². The fourth-order valence-electron chi connectivity index (χ4n) is 2.47. The summed E-state index contributed by atoms with van der Waals surface area (Å²) in [6, 6.07) is 5.98. The second kappa shape index (κ2) is 7.43. The summed E-state index contributed by atoms with van der Waals surface area (Å²) in [6.07, 6.45) is 0.248. The number of amides is 4. The standard InChI is InChI=1S/C15H19N3O4.ClH/c1-18(2)8-7-15(10-5-4-6-11(9-10)22-3)12(19)16-14(21)17-13(15)20;/h4-6,9H,7-8H2,1-3H3,(H2,16,17,19,20,21);1H. The molecule has 4 amide bonds. The summed E-state index contributed by atoms with van der Waals surface area (Å²) in [6.45, 7) is 0.506. The molecule has 7 nitrogen and oxygen atoms in total. The summed E-state index contributed by atoms with van der Waals surface area (Å²) in [5.74, 6) is -0.688. The second-order valence-electron chi connectivity index (χ2n) is 5.43. The molecule has 0 aromatic heterocycles. The molecule has 8 heteroatoms. The van der Waals surface area contributed by atoms with Crippen molar-refractivity contribution in [3.63, 3.8) is 0 Å². The molecule has 0 unspecified atom stereocenters. The minimum Gasteiger partial charge on any atom is -0.497 e. The van der Waals surface area contributed by atoms with Crippen molar-refractivity contribution in [2.75, 3.05) is 27.7 Å². The zero-order valence-corrected chi connectivity index (χ0v) is 14.0. The van der Waals surface area contributed by atoms with Crippen LogP contribution in [0.5, 0.6) is 5.75 Å². The first kappa shape index (κ1) is 18.9. The van der Waals surface area contributed by atoms with Crippen molar-refractivity contribution >= 4 is 30.3 Å². The number of urea groups is 1. The third kappa shape index (κ3) is 3.62. The number of imide groups is 2. The molecule has 1 aromatic rings. The molecule has 0 radical (unpaired) electrons. The van der Waals surface area contributed by atoms with E-state index in [1.165, 1.54) is 7.11 Å². The van der Waals surface area contributed by atoms with Crippen molar-refractivity contribution < 1.29 is 19.1 Å². The van der Waals surface area contributed by atoms with Crippen molar-refractivity contribution in [2.45, 2.75) is 11.8 Å². The fraction of sp³-hybridized carbons (Fsp3) is 0.400. The predicted molar refractivity (Wildman–Crippen MR) is 86.8 cm³/mol. The summed E-state index contributed by atoms with van der Waals surface area (Å²) >= 11 is 0. The highest BCUT2D eigenvalue weighted by atomic mass is 35.5. The van der Waals surface area contributed by atoms with E-state index in [1.807, 2.05) is 19.0 Å². The van der Waals surface area contributed by atoms with Crippen LogP contribution in [0, 0.1) is 0 Å². The zero-order valence-electron chi connectivity index (χ0n) is 13.2. The van der Waals surface area contributed by atoms with Gasteiger partial charge in [0.05, 0.1) is 7.11 Å². The van der Waals surface area contributed by atoms with E-state index in [4.69, 9.17) is 4.74 Å². The van der Waals surface area contributed by atoms with Gasteiger partial charge in [0.1, 0.15) is 5.75 Å². The lowest BCUT2D eigenvalue weighted by Gasteiger charge is -2.35. The highest BCUT2D eigenvalue weighted by Gasteiger charge is 2.51. The van der Waals surface area contributed by atoms with Crippen LogP contribution in [0.4, 0.5) is 4.79 Å². The van der Waals surface area contributed by atoms with Gasteiger partial charge in [0.15, 0.2) is 5.41 Å². The van der Waals surface area contributed by atoms with Gasteiger partial charge in [0, 0.05) is 0 Å². The lowest BCUT2D eigenvalue weighted by molar-refractivity contribution is -0.139. The fourth-order valence-corrected chi connectivity index (χ4v) is 2.47. The quantitative estimate of drug-likeness (QED) is 0.769. The molecule has 1 saturated heterocycles. The van der Waals surface area contributed by atoms with E-state index in [-0.39, 0.29) is 18.8 Å². The predicted octanol–water partition coefficient (Wildman–Crippen LogP) is 0.672. The minimum atomic E-state index is -1.45. The molecule has 1 aromatic carbocycles. The Morgan fingerprint density at radius 3 is 2.26 bits per heavy atom. The third-order valence-electron chi connectivity index (χ3n) is 3.73. The first-order valence-electron chi connectivity index (χ1n) is 6.86. The van der Waals surface area contributed by atoms with E-state index in [9.17, 15) is 14.4 Å². The topological polar surface area (TPSA) is 87.7 Å². The maximum Gasteiger partial charge on any atom is 0.328 e. The molecule has 0 spiro atoms. The Kier molecular flexibility index (Phi) is 6.12. The lowest BCUT2D eigenvalue weighted by atomic mass is 9.74. The Bertz CT molecular complexity index is 598. The van der Waals surface area contributed by atoms with Gasteiger partial charge in [-0.25, -0.2) is 4.79 Å². The number of nitrogens with zero attached hydrogens (tertiary/aromatic N) is 1. The number of methoxy groups -OCH3 is 1. The molecule has 23 heavy (non-hydrogen) atoms.